The lowest BCUT2D eigenvalue weighted by molar-refractivity contribution is 0.567. The van der Waals surface area contributed by atoms with Crippen molar-refractivity contribution in [3.05, 3.63) is 0 Å². The molecule has 0 aliphatic heterocycles. The molecule has 0 bridgehead atoms. The van der Waals surface area contributed by atoms with Crippen LogP contribution in [0.2, 0.25) is 0 Å². The van der Waals surface area contributed by atoms with Crippen molar-refractivity contribution in [1.82, 2.24) is 0 Å². The summed E-state index contributed by atoms with van der Waals surface area (Å²) >= 11 is 0. The van der Waals surface area contributed by atoms with Gasteiger partial charge in [-0.1, -0.05) is 117 Å². The van der Waals surface area contributed by atoms with E-state index in [-0.39, 0.29) is 0 Å². The third kappa shape index (κ3) is 30.8. The van der Waals surface area contributed by atoms with Gasteiger partial charge in [-0.15, -0.1) is 0 Å². The molecule has 2 nitrogen and oxygen atoms in total. The van der Waals surface area contributed by atoms with Crippen molar-refractivity contribution in [2.45, 2.75) is 142 Å². The highest BCUT2D eigenvalue weighted by atomic mass is 14.2. The first kappa shape index (κ1) is 27.2. The van der Waals surface area contributed by atoms with Crippen LogP contribution in [0.25, 0.3) is 0 Å². The van der Waals surface area contributed by atoms with Crippen LogP contribution in [-0.4, -0.2) is 0 Å². The van der Waals surface area contributed by atoms with Crippen LogP contribution in [0.1, 0.15) is 142 Å². The summed E-state index contributed by atoms with van der Waals surface area (Å²) in [6, 6.07) is 4.37. The minimum atomic E-state index is 0.746. The Morgan fingerprint density at radius 3 is 0.846 bits per heavy atom. The van der Waals surface area contributed by atoms with Gasteiger partial charge in [-0.2, -0.15) is 10.5 Å². The maximum absolute atomic E-state index is 8.32. The fourth-order valence-corrected chi connectivity index (χ4v) is 3.03. The number of nitriles is 2. The van der Waals surface area contributed by atoms with E-state index in [2.05, 4.69) is 26.0 Å². The second-order valence-corrected chi connectivity index (χ2v) is 7.47. The van der Waals surface area contributed by atoms with E-state index in [1.54, 1.807) is 0 Å². The summed E-state index contributed by atoms with van der Waals surface area (Å²) in [4.78, 5) is 0. The summed E-state index contributed by atoms with van der Waals surface area (Å²) in [7, 11) is 0. The smallest absolute Gasteiger partial charge is 0.0621 e. The molecule has 0 N–H and O–H groups in total. The number of rotatable bonds is 18. The summed E-state index contributed by atoms with van der Waals surface area (Å²) in [5.41, 5.74) is 0. The zero-order valence-corrected chi connectivity index (χ0v) is 18.0. The molecule has 0 unspecified atom stereocenters. The Hall–Kier alpha value is -1.02. The normalized spacial score (nSPS) is 9.85. The van der Waals surface area contributed by atoms with Crippen LogP contribution in [0.5, 0.6) is 0 Å². The fourth-order valence-electron chi connectivity index (χ4n) is 3.03. The molecule has 0 fully saturated rings. The van der Waals surface area contributed by atoms with Crippen LogP contribution < -0.4 is 0 Å². The summed E-state index contributed by atoms with van der Waals surface area (Å²) in [5.74, 6) is 0. The van der Waals surface area contributed by atoms with Gasteiger partial charge in [0.15, 0.2) is 0 Å². The predicted octanol–water partition coefficient (Wildman–Crippen LogP) is 8.86. The van der Waals surface area contributed by atoms with Gasteiger partial charge in [0.05, 0.1) is 12.1 Å². The first-order valence-electron chi connectivity index (χ1n) is 11.6. The fraction of sp³-hybridized carbons (Fsp3) is 0.917. The molecule has 0 aromatic carbocycles. The van der Waals surface area contributed by atoms with Crippen molar-refractivity contribution < 1.29 is 0 Å². The van der Waals surface area contributed by atoms with Crippen molar-refractivity contribution >= 4 is 0 Å². The predicted molar refractivity (Wildman–Crippen MR) is 115 cm³/mol. The maximum atomic E-state index is 8.32. The molecule has 0 aromatic rings. The van der Waals surface area contributed by atoms with Crippen LogP contribution >= 0.6 is 0 Å². The van der Waals surface area contributed by atoms with E-state index >= 15 is 0 Å². The molecule has 0 spiro atoms. The second kappa shape index (κ2) is 28.8. The highest BCUT2D eigenvalue weighted by Crippen LogP contribution is 2.10. The molecule has 152 valence electrons. The zero-order chi connectivity index (χ0) is 19.6. The zero-order valence-electron chi connectivity index (χ0n) is 18.0. The topological polar surface area (TPSA) is 47.6 Å². The Balaban J connectivity index is 0. The molecular formula is C24H46N2. The summed E-state index contributed by atoms with van der Waals surface area (Å²) < 4.78 is 0. The van der Waals surface area contributed by atoms with Crippen molar-refractivity contribution in [3.8, 4) is 12.1 Å². The van der Waals surface area contributed by atoms with E-state index in [4.69, 9.17) is 10.5 Å². The lowest BCUT2D eigenvalue weighted by atomic mass is 10.1. The molecule has 0 saturated heterocycles. The van der Waals surface area contributed by atoms with Gasteiger partial charge in [0, 0.05) is 12.8 Å². The number of unbranched alkanes of at least 4 members (excludes halogenated alkanes) is 18. The molecular weight excluding hydrogens is 316 g/mol. The molecule has 0 rings (SSSR count). The molecule has 0 heterocycles. The Morgan fingerprint density at radius 1 is 0.385 bits per heavy atom. The molecule has 26 heavy (non-hydrogen) atoms. The Labute approximate surface area is 165 Å². The van der Waals surface area contributed by atoms with Crippen LogP contribution in [-0.2, 0) is 0 Å². The number of hydrogen-bond acceptors (Lipinski definition) is 2. The average Bonchev–Trinajstić information content (AvgIpc) is 2.66. The molecule has 2 heteroatoms. The summed E-state index contributed by atoms with van der Waals surface area (Å²) in [5, 5.41) is 16.6. The monoisotopic (exact) mass is 362 g/mol. The number of hydrogen-bond donors (Lipinski definition) is 0. The van der Waals surface area contributed by atoms with E-state index in [1.807, 2.05) is 0 Å². The van der Waals surface area contributed by atoms with Crippen LogP contribution in [0.4, 0.5) is 0 Å². The molecule has 0 aliphatic rings. The van der Waals surface area contributed by atoms with E-state index in [0.717, 1.165) is 25.7 Å². The summed E-state index contributed by atoms with van der Waals surface area (Å²) in [6.07, 6.45) is 25.5. The standard InChI is InChI=1S/2C12H23N/c2*1-2-3-4-5-6-7-8-9-10-11-12-13/h2*2-11H2,1H3. The largest absolute Gasteiger partial charge is 0.198 e. The summed E-state index contributed by atoms with van der Waals surface area (Å²) in [6.45, 7) is 4.50. The Kier molecular flexibility index (Phi) is 30.1. The quantitative estimate of drug-likeness (QED) is 0.228. The lowest BCUT2D eigenvalue weighted by Gasteiger charge is -1.99. The van der Waals surface area contributed by atoms with Crippen LogP contribution in [0.15, 0.2) is 0 Å². The minimum absolute atomic E-state index is 0.746. The SMILES string of the molecule is CCCCCCCCCCCC#N.CCCCCCCCCCCC#N. The first-order chi connectivity index (χ1) is 12.8. The third-order valence-corrected chi connectivity index (χ3v) is 4.78. The van der Waals surface area contributed by atoms with Crippen molar-refractivity contribution in [2.75, 3.05) is 0 Å². The molecule has 0 aromatic heterocycles. The average molecular weight is 363 g/mol. The molecule has 0 saturated carbocycles. The van der Waals surface area contributed by atoms with Crippen molar-refractivity contribution in [2.24, 2.45) is 0 Å². The van der Waals surface area contributed by atoms with Gasteiger partial charge < -0.3 is 0 Å². The van der Waals surface area contributed by atoms with Gasteiger partial charge in [0.25, 0.3) is 0 Å². The highest BCUT2D eigenvalue weighted by molar-refractivity contribution is 4.68. The van der Waals surface area contributed by atoms with Gasteiger partial charge in [-0.3, -0.25) is 0 Å². The molecule has 0 aliphatic carbocycles. The highest BCUT2D eigenvalue weighted by Gasteiger charge is 1.92. The second-order valence-electron chi connectivity index (χ2n) is 7.47. The van der Waals surface area contributed by atoms with Crippen LogP contribution in [0.3, 0.4) is 0 Å². The molecule has 0 atom stereocenters. The molecule has 0 radical (unpaired) electrons. The van der Waals surface area contributed by atoms with Gasteiger partial charge in [-0.25, -0.2) is 0 Å². The van der Waals surface area contributed by atoms with E-state index in [1.165, 1.54) is 103 Å². The lowest BCUT2D eigenvalue weighted by Crippen LogP contribution is -1.80. The van der Waals surface area contributed by atoms with E-state index in [9.17, 15) is 0 Å². The van der Waals surface area contributed by atoms with Gasteiger partial charge in [0.1, 0.15) is 0 Å². The number of nitrogens with zero attached hydrogens (tertiary/aromatic N) is 2. The minimum Gasteiger partial charge on any atom is -0.198 e. The molecule has 0 amide bonds. The van der Waals surface area contributed by atoms with Gasteiger partial charge in [-0.05, 0) is 12.8 Å². The Morgan fingerprint density at radius 2 is 0.615 bits per heavy atom. The van der Waals surface area contributed by atoms with Crippen molar-refractivity contribution in [3.63, 3.8) is 0 Å². The van der Waals surface area contributed by atoms with Gasteiger partial charge >= 0.3 is 0 Å². The van der Waals surface area contributed by atoms with E-state index in [0.29, 0.717) is 0 Å². The maximum Gasteiger partial charge on any atom is 0.0621 e. The van der Waals surface area contributed by atoms with Crippen LogP contribution in [0, 0.1) is 22.7 Å². The third-order valence-electron chi connectivity index (χ3n) is 4.78. The van der Waals surface area contributed by atoms with Gasteiger partial charge in [0.2, 0.25) is 0 Å². The van der Waals surface area contributed by atoms with Crippen molar-refractivity contribution in [1.29, 1.82) is 10.5 Å². The van der Waals surface area contributed by atoms with E-state index < -0.39 is 0 Å². The Bertz CT molecular complexity index is 279. The first-order valence-corrected chi connectivity index (χ1v) is 11.6.